The van der Waals surface area contributed by atoms with Crippen molar-refractivity contribution in [2.45, 2.75) is 38.1 Å². The molecule has 0 spiro atoms. The van der Waals surface area contributed by atoms with Gasteiger partial charge in [0.15, 0.2) is 0 Å². The number of nitrogens with two attached hydrogens (primary N) is 1. The molecule has 0 radical (unpaired) electrons. The molecular formula is C11H19N3O3. The standard InChI is InChI=1S/C11H19N3O3/c12-8(11(16)17)4-1-2-6-14-10(15)9-5-3-7-13-9/h8H,1-7,12H2,(H,14,15)(H,16,17)/t8-/m0/s1. The molecule has 6 nitrogen and oxygen atoms in total. The second-order valence-corrected chi connectivity index (χ2v) is 4.13. The molecule has 1 heterocycles. The summed E-state index contributed by atoms with van der Waals surface area (Å²) in [6, 6.07) is -0.801. The predicted molar refractivity (Wildman–Crippen MR) is 64.0 cm³/mol. The molecule has 0 saturated carbocycles. The van der Waals surface area contributed by atoms with Crippen LogP contribution in [0, 0.1) is 0 Å². The van der Waals surface area contributed by atoms with Crippen molar-refractivity contribution in [1.82, 2.24) is 5.32 Å². The second-order valence-electron chi connectivity index (χ2n) is 4.13. The molecule has 1 atom stereocenters. The number of rotatable bonds is 7. The average Bonchev–Trinajstić information content (AvgIpc) is 2.81. The van der Waals surface area contributed by atoms with E-state index >= 15 is 0 Å². The van der Waals surface area contributed by atoms with Crippen LogP contribution >= 0.6 is 0 Å². The zero-order chi connectivity index (χ0) is 12.7. The van der Waals surface area contributed by atoms with Crippen LogP contribution in [0.15, 0.2) is 4.99 Å². The van der Waals surface area contributed by atoms with E-state index in [-0.39, 0.29) is 5.91 Å². The van der Waals surface area contributed by atoms with Crippen molar-refractivity contribution in [2.24, 2.45) is 10.7 Å². The summed E-state index contributed by atoms with van der Waals surface area (Å²) in [5.41, 5.74) is 5.98. The Labute approximate surface area is 100 Å². The Morgan fingerprint density at radius 3 is 2.82 bits per heavy atom. The van der Waals surface area contributed by atoms with Crippen LogP contribution in [0.25, 0.3) is 0 Å². The Kier molecular flexibility index (Phi) is 5.62. The van der Waals surface area contributed by atoms with Crippen LogP contribution in [-0.2, 0) is 9.59 Å². The van der Waals surface area contributed by atoms with Gasteiger partial charge in [0.1, 0.15) is 6.04 Å². The van der Waals surface area contributed by atoms with Gasteiger partial charge >= 0.3 is 5.97 Å². The van der Waals surface area contributed by atoms with E-state index in [4.69, 9.17) is 10.8 Å². The molecule has 1 rings (SSSR count). The monoisotopic (exact) mass is 241 g/mol. The van der Waals surface area contributed by atoms with Gasteiger partial charge in [0.25, 0.3) is 5.91 Å². The number of carboxylic acid groups (broad SMARTS) is 1. The van der Waals surface area contributed by atoms with E-state index in [1.165, 1.54) is 0 Å². The Bertz CT molecular complexity index is 315. The van der Waals surface area contributed by atoms with Crippen LogP contribution in [0.5, 0.6) is 0 Å². The zero-order valence-electron chi connectivity index (χ0n) is 9.82. The average molecular weight is 241 g/mol. The molecule has 0 aromatic carbocycles. The Balaban J connectivity index is 2.04. The van der Waals surface area contributed by atoms with Gasteiger partial charge in [-0.05, 0) is 32.1 Å². The molecule has 1 aliphatic heterocycles. The lowest BCUT2D eigenvalue weighted by atomic mass is 10.1. The number of carbonyl (C=O) groups is 2. The number of carboxylic acids is 1. The van der Waals surface area contributed by atoms with Crippen LogP contribution in [-0.4, -0.2) is 41.8 Å². The third-order valence-corrected chi connectivity index (χ3v) is 2.68. The van der Waals surface area contributed by atoms with Gasteiger partial charge in [0, 0.05) is 13.1 Å². The van der Waals surface area contributed by atoms with E-state index in [9.17, 15) is 9.59 Å². The highest BCUT2D eigenvalue weighted by molar-refractivity contribution is 6.39. The van der Waals surface area contributed by atoms with Crippen LogP contribution in [0.2, 0.25) is 0 Å². The first-order valence-corrected chi connectivity index (χ1v) is 5.91. The third kappa shape index (κ3) is 4.95. The van der Waals surface area contributed by atoms with E-state index in [1.54, 1.807) is 0 Å². The van der Waals surface area contributed by atoms with Crippen molar-refractivity contribution in [3.05, 3.63) is 0 Å². The molecule has 0 bridgehead atoms. The quantitative estimate of drug-likeness (QED) is 0.542. The number of aliphatic imine (C=N–C) groups is 1. The van der Waals surface area contributed by atoms with E-state index in [1.807, 2.05) is 0 Å². The summed E-state index contributed by atoms with van der Waals surface area (Å²) in [6.07, 6.45) is 3.58. The van der Waals surface area contributed by atoms with E-state index in [2.05, 4.69) is 10.3 Å². The lowest BCUT2D eigenvalue weighted by Gasteiger charge is -2.07. The Morgan fingerprint density at radius 2 is 2.24 bits per heavy atom. The van der Waals surface area contributed by atoms with Crippen molar-refractivity contribution >= 4 is 17.6 Å². The maximum absolute atomic E-state index is 11.5. The zero-order valence-corrected chi connectivity index (χ0v) is 9.82. The number of unbranched alkanes of at least 4 members (excludes halogenated alkanes) is 1. The van der Waals surface area contributed by atoms with Gasteiger partial charge in [0.2, 0.25) is 0 Å². The molecule has 1 aliphatic rings. The third-order valence-electron chi connectivity index (χ3n) is 2.68. The fraction of sp³-hybridized carbons (Fsp3) is 0.727. The fourth-order valence-corrected chi connectivity index (χ4v) is 1.64. The minimum Gasteiger partial charge on any atom is -0.480 e. The van der Waals surface area contributed by atoms with Gasteiger partial charge in [-0.3, -0.25) is 14.6 Å². The maximum Gasteiger partial charge on any atom is 0.320 e. The molecule has 96 valence electrons. The van der Waals surface area contributed by atoms with Crippen molar-refractivity contribution < 1.29 is 14.7 Å². The van der Waals surface area contributed by atoms with E-state index < -0.39 is 12.0 Å². The number of aliphatic carboxylic acids is 1. The van der Waals surface area contributed by atoms with Gasteiger partial charge in [-0.2, -0.15) is 0 Å². The fourth-order valence-electron chi connectivity index (χ4n) is 1.64. The first-order valence-electron chi connectivity index (χ1n) is 5.91. The normalized spacial score (nSPS) is 16.4. The maximum atomic E-state index is 11.5. The first kappa shape index (κ1) is 13.6. The summed E-state index contributed by atoms with van der Waals surface area (Å²) >= 11 is 0. The number of nitrogens with zero attached hydrogens (tertiary/aromatic N) is 1. The van der Waals surface area contributed by atoms with Crippen molar-refractivity contribution in [2.75, 3.05) is 13.1 Å². The van der Waals surface area contributed by atoms with Crippen molar-refractivity contribution in [1.29, 1.82) is 0 Å². The van der Waals surface area contributed by atoms with E-state index in [0.29, 0.717) is 25.1 Å². The van der Waals surface area contributed by atoms with E-state index in [0.717, 1.165) is 25.8 Å². The van der Waals surface area contributed by atoms with Gasteiger partial charge in [-0.25, -0.2) is 0 Å². The number of hydrogen-bond donors (Lipinski definition) is 3. The SMILES string of the molecule is N[C@@H](CCCCNC(=O)C1=NCCC1)C(=O)O. The lowest BCUT2D eigenvalue weighted by molar-refractivity contribution is -0.138. The van der Waals surface area contributed by atoms with Crippen molar-refractivity contribution in [3.63, 3.8) is 0 Å². The van der Waals surface area contributed by atoms with Crippen LogP contribution < -0.4 is 11.1 Å². The molecule has 0 aliphatic carbocycles. The molecule has 4 N–H and O–H groups in total. The largest absolute Gasteiger partial charge is 0.480 e. The highest BCUT2D eigenvalue weighted by Gasteiger charge is 2.14. The molecule has 6 heteroatoms. The topological polar surface area (TPSA) is 105 Å². The summed E-state index contributed by atoms with van der Waals surface area (Å²) in [7, 11) is 0. The molecule has 17 heavy (non-hydrogen) atoms. The summed E-state index contributed by atoms with van der Waals surface area (Å²) in [4.78, 5) is 26.0. The van der Waals surface area contributed by atoms with Crippen LogP contribution in [0.3, 0.4) is 0 Å². The number of carbonyl (C=O) groups excluding carboxylic acids is 1. The predicted octanol–water partition coefficient (Wildman–Crippen LogP) is -0.0804. The Hall–Kier alpha value is -1.43. The molecular weight excluding hydrogens is 222 g/mol. The number of amides is 1. The molecule has 1 amide bonds. The second kappa shape index (κ2) is 7.01. The number of nitrogens with one attached hydrogen (secondary N) is 1. The van der Waals surface area contributed by atoms with Gasteiger partial charge < -0.3 is 16.2 Å². The molecule has 0 unspecified atom stereocenters. The lowest BCUT2D eigenvalue weighted by Crippen LogP contribution is -2.32. The van der Waals surface area contributed by atoms with Gasteiger partial charge in [-0.1, -0.05) is 0 Å². The Morgan fingerprint density at radius 1 is 1.47 bits per heavy atom. The molecule has 0 saturated heterocycles. The highest BCUT2D eigenvalue weighted by Crippen LogP contribution is 2.04. The minimum absolute atomic E-state index is 0.0926. The number of hydrogen-bond acceptors (Lipinski definition) is 4. The summed E-state index contributed by atoms with van der Waals surface area (Å²) < 4.78 is 0. The summed E-state index contributed by atoms with van der Waals surface area (Å²) in [5, 5.41) is 11.3. The molecule has 0 aromatic heterocycles. The summed E-state index contributed by atoms with van der Waals surface area (Å²) in [5.74, 6) is -1.07. The van der Waals surface area contributed by atoms with Crippen molar-refractivity contribution in [3.8, 4) is 0 Å². The first-order chi connectivity index (χ1) is 8.11. The highest BCUT2D eigenvalue weighted by atomic mass is 16.4. The molecule has 0 aromatic rings. The van der Waals surface area contributed by atoms with Gasteiger partial charge in [-0.15, -0.1) is 0 Å². The summed E-state index contributed by atoms with van der Waals surface area (Å²) in [6.45, 7) is 1.29. The minimum atomic E-state index is -0.977. The van der Waals surface area contributed by atoms with Crippen LogP contribution in [0.4, 0.5) is 0 Å². The van der Waals surface area contributed by atoms with Crippen LogP contribution in [0.1, 0.15) is 32.1 Å². The molecule has 0 fully saturated rings. The smallest absolute Gasteiger partial charge is 0.320 e. The van der Waals surface area contributed by atoms with Gasteiger partial charge in [0.05, 0.1) is 5.71 Å².